The Morgan fingerprint density at radius 2 is 1.95 bits per heavy atom. The summed E-state index contributed by atoms with van der Waals surface area (Å²) in [6.45, 7) is 0. The molecule has 4 heteroatoms. The monoisotopic (exact) mass is 260 g/mol. The molecule has 19 heavy (non-hydrogen) atoms. The van der Waals surface area contributed by atoms with Crippen molar-refractivity contribution in [2.75, 3.05) is 0 Å². The lowest BCUT2D eigenvalue weighted by molar-refractivity contribution is -0.136. The Hall–Kier alpha value is -1.84. The second-order valence-electron chi connectivity index (χ2n) is 5.16. The number of aliphatic carboxylic acids is 1. The van der Waals surface area contributed by atoms with Gasteiger partial charge in [0.2, 0.25) is 0 Å². The van der Waals surface area contributed by atoms with E-state index in [9.17, 15) is 4.79 Å². The largest absolute Gasteiger partial charge is 0.481 e. The van der Waals surface area contributed by atoms with E-state index in [1.165, 1.54) is 5.56 Å². The molecule has 1 heterocycles. The summed E-state index contributed by atoms with van der Waals surface area (Å²) in [5.74, 6) is -0.156. The summed E-state index contributed by atoms with van der Waals surface area (Å²) in [5.41, 5.74) is 2.03. The van der Waals surface area contributed by atoms with Gasteiger partial charge in [-0.25, -0.2) is 0 Å². The Labute approximate surface area is 113 Å². The van der Waals surface area contributed by atoms with Crippen LogP contribution in [0.1, 0.15) is 36.8 Å². The van der Waals surface area contributed by atoms with E-state index in [2.05, 4.69) is 5.32 Å². The first-order valence-electron chi connectivity index (χ1n) is 6.77. The van der Waals surface area contributed by atoms with Gasteiger partial charge in [0, 0.05) is 12.5 Å². The number of carboxylic acids is 1. The molecule has 0 aromatic heterocycles. The lowest BCUT2D eigenvalue weighted by Gasteiger charge is -2.17. The first-order chi connectivity index (χ1) is 9.13. The van der Waals surface area contributed by atoms with Gasteiger partial charge in [-0.1, -0.05) is 30.7 Å². The van der Waals surface area contributed by atoms with Crippen molar-refractivity contribution < 1.29 is 9.90 Å². The molecule has 0 saturated carbocycles. The molecule has 1 fully saturated rings. The molecule has 1 aromatic carbocycles. The van der Waals surface area contributed by atoms with Gasteiger partial charge in [0.1, 0.15) is 0 Å². The van der Waals surface area contributed by atoms with E-state index in [1.807, 2.05) is 24.3 Å². The Bertz CT molecular complexity index is 454. The van der Waals surface area contributed by atoms with Crippen molar-refractivity contribution in [3.05, 3.63) is 35.4 Å². The minimum atomic E-state index is -0.799. The highest BCUT2D eigenvalue weighted by molar-refractivity contribution is 5.79. The van der Waals surface area contributed by atoms with E-state index in [1.54, 1.807) is 0 Å². The molecule has 1 saturated heterocycles. The second kappa shape index (κ2) is 6.36. The van der Waals surface area contributed by atoms with Crippen molar-refractivity contribution in [2.24, 2.45) is 0 Å². The van der Waals surface area contributed by atoms with E-state index < -0.39 is 5.97 Å². The van der Waals surface area contributed by atoms with Crippen LogP contribution in [-0.2, 0) is 17.6 Å². The standard InChI is InChI=1S/C15H20N2O2/c16-14-4-2-1-3-13(17-14)9-11-5-7-12(8-6-11)10-15(18)19/h5-8,13H,1-4,9-10H2,(H2,16,17)(H,18,19). The number of hydrogen-bond donors (Lipinski definition) is 3. The van der Waals surface area contributed by atoms with Gasteiger partial charge in [0.05, 0.1) is 12.3 Å². The molecular weight excluding hydrogens is 240 g/mol. The van der Waals surface area contributed by atoms with Crippen LogP contribution in [0.5, 0.6) is 0 Å². The number of nitrogens with one attached hydrogen (secondary N) is 2. The summed E-state index contributed by atoms with van der Waals surface area (Å²) in [5, 5.41) is 19.7. The minimum Gasteiger partial charge on any atom is -0.481 e. The third-order valence-electron chi connectivity index (χ3n) is 3.47. The van der Waals surface area contributed by atoms with Crippen LogP contribution in [0.25, 0.3) is 0 Å². The van der Waals surface area contributed by atoms with Crippen LogP contribution < -0.4 is 5.32 Å². The highest BCUT2D eigenvalue weighted by Crippen LogP contribution is 2.14. The number of carboxylic acid groups (broad SMARTS) is 1. The summed E-state index contributed by atoms with van der Waals surface area (Å²) in [6.07, 6.45) is 5.19. The van der Waals surface area contributed by atoms with Crippen LogP contribution in [-0.4, -0.2) is 23.0 Å². The lowest BCUT2D eigenvalue weighted by Crippen LogP contribution is -2.34. The fraction of sp³-hybridized carbons (Fsp3) is 0.467. The van der Waals surface area contributed by atoms with Gasteiger partial charge in [0.25, 0.3) is 0 Å². The Balaban J connectivity index is 1.94. The number of benzene rings is 1. The number of rotatable bonds is 4. The molecule has 102 valence electrons. The highest BCUT2D eigenvalue weighted by Gasteiger charge is 2.14. The van der Waals surface area contributed by atoms with Crippen LogP contribution >= 0.6 is 0 Å². The first-order valence-corrected chi connectivity index (χ1v) is 6.77. The molecule has 1 aliphatic heterocycles. The van der Waals surface area contributed by atoms with E-state index in [0.29, 0.717) is 11.9 Å². The zero-order chi connectivity index (χ0) is 13.7. The molecule has 4 nitrogen and oxygen atoms in total. The smallest absolute Gasteiger partial charge is 0.307 e. The van der Waals surface area contributed by atoms with Crippen molar-refractivity contribution in [2.45, 2.75) is 44.6 Å². The van der Waals surface area contributed by atoms with Crippen molar-refractivity contribution in [1.29, 1.82) is 5.41 Å². The van der Waals surface area contributed by atoms with Gasteiger partial charge >= 0.3 is 5.97 Å². The summed E-state index contributed by atoms with van der Waals surface area (Å²) in [4.78, 5) is 10.6. The highest BCUT2D eigenvalue weighted by atomic mass is 16.4. The maximum absolute atomic E-state index is 10.6. The third-order valence-corrected chi connectivity index (χ3v) is 3.47. The second-order valence-corrected chi connectivity index (χ2v) is 5.16. The Kier molecular flexibility index (Phi) is 4.55. The number of carbonyl (C=O) groups is 1. The van der Waals surface area contributed by atoms with E-state index >= 15 is 0 Å². The topological polar surface area (TPSA) is 73.2 Å². The summed E-state index contributed by atoms with van der Waals surface area (Å²) >= 11 is 0. The number of amidine groups is 1. The molecule has 2 rings (SSSR count). The first kappa shape index (κ1) is 13.6. The fourth-order valence-corrected chi connectivity index (χ4v) is 2.49. The number of hydrogen-bond acceptors (Lipinski definition) is 2. The summed E-state index contributed by atoms with van der Waals surface area (Å²) in [6, 6.07) is 8.08. The molecule has 1 unspecified atom stereocenters. The molecule has 3 N–H and O–H groups in total. The molecule has 0 aliphatic carbocycles. The molecule has 0 amide bonds. The molecule has 1 aliphatic rings. The van der Waals surface area contributed by atoms with Crippen molar-refractivity contribution in [3.8, 4) is 0 Å². The van der Waals surface area contributed by atoms with Crippen LogP contribution in [0.3, 0.4) is 0 Å². The van der Waals surface area contributed by atoms with E-state index in [-0.39, 0.29) is 6.42 Å². The van der Waals surface area contributed by atoms with Gasteiger partial charge < -0.3 is 10.4 Å². The van der Waals surface area contributed by atoms with Crippen molar-refractivity contribution in [1.82, 2.24) is 5.32 Å². The Morgan fingerprint density at radius 3 is 2.63 bits per heavy atom. The van der Waals surface area contributed by atoms with Gasteiger partial charge in [-0.05, 0) is 30.4 Å². The van der Waals surface area contributed by atoms with Crippen LogP contribution in [0.15, 0.2) is 24.3 Å². The molecule has 0 radical (unpaired) electrons. The molecule has 0 spiro atoms. The quantitative estimate of drug-likeness (QED) is 0.778. The van der Waals surface area contributed by atoms with E-state index in [4.69, 9.17) is 10.5 Å². The maximum Gasteiger partial charge on any atom is 0.307 e. The molecule has 0 bridgehead atoms. The van der Waals surface area contributed by atoms with Crippen molar-refractivity contribution in [3.63, 3.8) is 0 Å². The van der Waals surface area contributed by atoms with Crippen LogP contribution in [0.4, 0.5) is 0 Å². The average Bonchev–Trinajstić information content (AvgIpc) is 2.55. The Morgan fingerprint density at radius 1 is 1.26 bits per heavy atom. The van der Waals surface area contributed by atoms with E-state index in [0.717, 1.165) is 37.7 Å². The SMILES string of the molecule is N=C1CCCCC(Cc2ccc(CC(=O)O)cc2)N1. The van der Waals surface area contributed by atoms with Gasteiger partial charge in [-0.2, -0.15) is 0 Å². The minimum absolute atomic E-state index is 0.0760. The molecule has 1 aromatic rings. The molecular formula is C15H20N2O2. The average molecular weight is 260 g/mol. The van der Waals surface area contributed by atoms with Crippen LogP contribution in [0, 0.1) is 5.41 Å². The summed E-state index contributed by atoms with van der Waals surface area (Å²) in [7, 11) is 0. The maximum atomic E-state index is 10.6. The third kappa shape index (κ3) is 4.39. The normalized spacial score (nSPS) is 19.6. The molecule has 1 atom stereocenters. The lowest BCUT2D eigenvalue weighted by atomic mass is 10.0. The predicted molar refractivity (Wildman–Crippen MR) is 74.6 cm³/mol. The zero-order valence-electron chi connectivity index (χ0n) is 11.0. The fourth-order valence-electron chi connectivity index (χ4n) is 2.49. The van der Waals surface area contributed by atoms with Gasteiger partial charge in [-0.3, -0.25) is 10.2 Å². The van der Waals surface area contributed by atoms with Crippen LogP contribution in [0.2, 0.25) is 0 Å². The predicted octanol–water partition coefficient (Wildman–Crippen LogP) is 2.37. The van der Waals surface area contributed by atoms with Gasteiger partial charge in [0.15, 0.2) is 0 Å². The van der Waals surface area contributed by atoms with Gasteiger partial charge in [-0.15, -0.1) is 0 Å². The summed E-state index contributed by atoms with van der Waals surface area (Å²) < 4.78 is 0. The zero-order valence-corrected chi connectivity index (χ0v) is 11.0. The van der Waals surface area contributed by atoms with Crippen molar-refractivity contribution >= 4 is 11.8 Å².